The van der Waals surface area contributed by atoms with Crippen molar-refractivity contribution >= 4 is 41.4 Å². The molecule has 94 valence electrons. The van der Waals surface area contributed by atoms with Gasteiger partial charge in [-0.25, -0.2) is 22.2 Å². The molecule has 11 heteroatoms. The molecule has 0 radical (unpaired) electrons. The summed E-state index contributed by atoms with van der Waals surface area (Å²) in [6.07, 6.45) is -2.76. The normalized spacial score (nSPS) is 11.8. The molecule has 0 unspecified atom stereocenters. The van der Waals surface area contributed by atoms with Crippen LogP contribution in [-0.4, -0.2) is 18.3 Å². The zero-order valence-corrected chi connectivity index (χ0v) is 10.8. The molecule has 1 heterocycles. The van der Waals surface area contributed by atoms with Crippen LogP contribution >= 0.6 is 26.6 Å². The van der Waals surface area contributed by atoms with E-state index < -0.39 is 41.1 Å². The van der Waals surface area contributed by atoms with Gasteiger partial charge in [-0.05, 0) is 15.9 Å². The number of alkyl halides is 2. The molecule has 1 aromatic heterocycles. The second-order valence-electron chi connectivity index (χ2n) is 2.68. The van der Waals surface area contributed by atoms with Crippen molar-refractivity contribution in [2.24, 2.45) is 0 Å². The monoisotopic (exact) mass is 350 g/mol. The van der Waals surface area contributed by atoms with Gasteiger partial charge in [0.2, 0.25) is 0 Å². The van der Waals surface area contributed by atoms with E-state index in [1.165, 1.54) is 0 Å². The lowest BCUT2D eigenvalue weighted by atomic mass is 10.2. The van der Waals surface area contributed by atoms with Crippen molar-refractivity contribution in [3.8, 4) is 0 Å². The quantitative estimate of drug-likeness (QED) is 0.474. The molecule has 0 N–H and O–H groups in total. The number of hydrogen-bond donors (Lipinski definition) is 0. The van der Waals surface area contributed by atoms with Crippen LogP contribution in [-0.2, 0) is 9.05 Å². The molecular weight excluding hydrogens is 349 g/mol. The van der Waals surface area contributed by atoms with E-state index >= 15 is 0 Å². The second-order valence-corrected chi connectivity index (χ2v) is 5.95. The Kier molecular flexibility index (Phi) is 3.99. The number of pyridine rings is 1. The van der Waals surface area contributed by atoms with Crippen LogP contribution in [0.25, 0.3) is 0 Å². The van der Waals surface area contributed by atoms with Crippen molar-refractivity contribution in [1.29, 1.82) is 0 Å². The molecule has 0 fully saturated rings. The summed E-state index contributed by atoms with van der Waals surface area (Å²) in [5.41, 5.74) is -2.07. The Bertz CT molecular complexity index is 580. The van der Waals surface area contributed by atoms with E-state index in [1.807, 2.05) is 0 Å². The van der Waals surface area contributed by atoms with Gasteiger partial charge in [0.1, 0.15) is 10.0 Å². The molecule has 6 nitrogen and oxygen atoms in total. The minimum Gasteiger partial charge on any atom is -0.258 e. The van der Waals surface area contributed by atoms with Crippen LogP contribution in [0, 0.1) is 10.1 Å². The van der Waals surface area contributed by atoms with Gasteiger partial charge in [-0.15, -0.1) is 0 Å². The fraction of sp³-hybridized carbons (Fsp3) is 0.167. The highest BCUT2D eigenvalue weighted by Gasteiger charge is 2.31. The third-order valence-corrected chi connectivity index (χ3v) is 3.86. The number of nitrogens with zero attached hydrogens (tertiary/aromatic N) is 2. The third-order valence-electron chi connectivity index (χ3n) is 1.64. The number of hydrogen-bond acceptors (Lipinski definition) is 5. The summed E-state index contributed by atoms with van der Waals surface area (Å²) in [6.45, 7) is 0. The molecule has 0 aromatic carbocycles. The fourth-order valence-electron chi connectivity index (χ4n) is 0.989. The van der Waals surface area contributed by atoms with Crippen molar-refractivity contribution in [2.45, 2.75) is 11.5 Å². The van der Waals surface area contributed by atoms with E-state index in [2.05, 4.69) is 20.9 Å². The number of aromatic nitrogens is 1. The van der Waals surface area contributed by atoms with E-state index in [9.17, 15) is 27.3 Å². The topological polar surface area (TPSA) is 90.2 Å². The molecule has 0 saturated carbocycles. The summed E-state index contributed by atoms with van der Waals surface area (Å²) in [5, 5.41) is 9.72. The minimum atomic E-state index is -4.37. The molecule has 17 heavy (non-hydrogen) atoms. The van der Waals surface area contributed by atoms with Gasteiger partial charge in [0, 0.05) is 16.9 Å². The van der Waals surface area contributed by atoms with Gasteiger partial charge in [-0.1, -0.05) is 0 Å². The average Bonchev–Trinajstić information content (AvgIpc) is 2.13. The SMILES string of the molecule is O=[N+]([O-])c1c(C(F)F)cnc(S(=O)(=O)Cl)c1Br. The Hall–Kier alpha value is -0.870. The second kappa shape index (κ2) is 4.78. The number of halogens is 4. The Labute approximate surface area is 106 Å². The lowest BCUT2D eigenvalue weighted by molar-refractivity contribution is -0.387. The predicted molar refractivity (Wildman–Crippen MR) is 56.6 cm³/mol. The van der Waals surface area contributed by atoms with E-state index in [0.717, 1.165) is 0 Å². The zero-order chi connectivity index (χ0) is 13.4. The Morgan fingerprint density at radius 2 is 2.06 bits per heavy atom. The average molecular weight is 352 g/mol. The molecule has 1 aromatic rings. The maximum atomic E-state index is 12.4. The first-order valence-electron chi connectivity index (χ1n) is 3.72. The van der Waals surface area contributed by atoms with Gasteiger partial charge in [0.25, 0.3) is 21.2 Å². The summed E-state index contributed by atoms with van der Waals surface area (Å²) in [6, 6.07) is 0. The van der Waals surface area contributed by atoms with Crippen molar-refractivity contribution in [1.82, 2.24) is 4.98 Å². The zero-order valence-electron chi connectivity index (χ0n) is 7.60. The van der Waals surface area contributed by atoms with Crippen LogP contribution in [0.3, 0.4) is 0 Å². The van der Waals surface area contributed by atoms with Crippen LogP contribution in [0.5, 0.6) is 0 Å². The van der Waals surface area contributed by atoms with E-state index in [4.69, 9.17) is 10.7 Å². The summed E-state index contributed by atoms with van der Waals surface area (Å²) in [5.74, 6) is 0. The smallest absolute Gasteiger partial charge is 0.258 e. The van der Waals surface area contributed by atoms with Crippen molar-refractivity contribution in [3.05, 3.63) is 26.3 Å². The van der Waals surface area contributed by atoms with E-state index in [0.29, 0.717) is 6.20 Å². The van der Waals surface area contributed by atoms with Crippen molar-refractivity contribution < 1.29 is 22.1 Å². The van der Waals surface area contributed by atoms with Gasteiger partial charge in [0.05, 0.1) is 4.92 Å². The van der Waals surface area contributed by atoms with E-state index in [1.54, 1.807) is 0 Å². The molecule has 0 atom stereocenters. The Morgan fingerprint density at radius 3 is 2.41 bits per heavy atom. The minimum absolute atomic E-state index is 0.406. The van der Waals surface area contributed by atoms with Gasteiger partial charge in [-0.3, -0.25) is 10.1 Å². The molecule has 0 bridgehead atoms. The maximum absolute atomic E-state index is 12.4. The summed E-state index contributed by atoms with van der Waals surface area (Å²) in [4.78, 5) is 12.6. The highest BCUT2D eigenvalue weighted by molar-refractivity contribution is 9.10. The predicted octanol–water partition coefficient (Wildman–Crippen LogP) is 2.62. The summed E-state index contributed by atoms with van der Waals surface area (Å²) < 4.78 is 46.1. The van der Waals surface area contributed by atoms with Gasteiger partial charge < -0.3 is 0 Å². The first-order valence-corrected chi connectivity index (χ1v) is 6.82. The first kappa shape index (κ1) is 14.2. The molecule has 0 aliphatic carbocycles. The molecular formula is C6H2BrClF2N2O4S. The molecule has 0 spiro atoms. The Morgan fingerprint density at radius 1 is 1.53 bits per heavy atom. The molecule has 0 aliphatic heterocycles. The third kappa shape index (κ3) is 2.87. The van der Waals surface area contributed by atoms with Gasteiger partial charge >= 0.3 is 0 Å². The molecule has 0 aliphatic rings. The molecule has 1 rings (SSSR count). The lowest BCUT2D eigenvalue weighted by Crippen LogP contribution is -2.04. The van der Waals surface area contributed by atoms with Gasteiger partial charge in [0.15, 0.2) is 5.03 Å². The van der Waals surface area contributed by atoms with Crippen LogP contribution in [0.2, 0.25) is 0 Å². The van der Waals surface area contributed by atoms with Gasteiger partial charge in [-0.2, -0.15) is 0 Å². The summed E-state index contributed by atoms with van der Waals surface area (Å²) in [7, 11) is 0.575. The van der Waals surface area contributed by atoms with Crippen LogP contribution in [0.1, 0.15) is 12.0 Å². The number of rotatable bonds is 3. The molecule has 0 saturated heterocycles. The van der Waals surface area contributed by atoms with E-state index in [-0.39, 0.29) is 0 Å². The highest BCUT2D eigenvalue weighted by Crippen LogP contribution is 2.38. The van der Waals surface area contributed by atoms with Crippen molar-refractivity contribution in [2.75, 3.05) is 0 Å². The number of nitro groups is 1. The first-order chi connectivity index (χ1) is 7.66. The van der Waals surface area contributed by atoms with Crippen LogP contribution in [0.15, 0.2) is 15.7 Å². The summed E-state index contributed by atoms with van der Waals surface area (Å²) >= 11 is 2.54. The largest absolute Gasteiger partial charge is 0.296 e. The standard InChI is InChI=1S/C6H2BrClF2N2O4S/c7-3-4(12(13)14)2(5(9)10)1-11-6(3)17(8,15)16/h1,5H. The maximum Gasteiger partial charge on any atom is 0.296 e. The van der Waals surface area contributed by atoms with Crippen molar-refractivity contribution in [3.63, 3.8) is 0 Å². The van der Waals surface area contributed by atoms with Crippen LogP contribution < -0.4 is 0 Å². The fourth-order valence-corrected chi connectivity index (χ4v) is 3.22. The molecule has 0 amide bonds. The Balaban J connectivity index is 3.67. The van der Waals surface area contributed by atoms with Crippen LogP contribution in [0.4, 0.5) is 14.5 Å². The highest BCUT2D eigenvalue weighted by atomic mass is 79.9. The lowest BCUT2D eigenvalue weighted by Gasteiger charge is -2.05.